The first-order chi connectivity index (χ1) is 42.3. The number of carbonyl (C=O) groups excluding carboxylic acids is 8. The number of nitrogens with one attached hydrogen (secondary N) is 4. The number of amides is 3. The second-order valence-corrected chi connectivity index (χ2v) is 24.8. The highest BCUT2D eigenvalue weighted by Gasteiger charge is 2.35. The number of carboxylic acids is 2. The summed E-state index contributed by atoms with van der Waals surface area (Å²) in [5.41, 5.74) is 5.83. The number of rotatable bonds is 59. The van der Waals surface area contributed by atoms with Crippen molar-refractivity contribution in [1.29, 1.82) is 0 Å². The summed E-state index contributed by atoms with van der Waals surface area (Å²) in [6, 6.07) is -1.93. The molecule has 88 heavy (non-hydrogen) atoms. The summed E-state index contributed by atoms with van der Waals surface area (Å²) >= 11 is 0. The van der Waals surface area contributed by atoms with Crippen molar-refractivity contribution in [3.8, 4) is 0 Å². The zero-order chi connectivity index (χ0) is 64.6. The second-order valence-electron chi connectivity index (χ2n) is 24.8. The minimum Gasteiger partial charge on any atom is -0.481 e. The number of aromatic amines is 1. The van der Waals surface area contributed by atoms with Crippen LogP contribution < -0.4 is 21.7 Å². The van der Waals surface area contributed by atoms with Crippen LogP contribution in [0.4, 0.5) is 0 Å². The van der Waals surface area contributed by atoms with Crippen LogP contribution in [0.15, 0.2) is 12.5 Å². The third-order valence-electron chi connectivity index (χ3n) is 16.6. The van der Waals surface area contributed by atoms with E-state index < -0.39 is 35.4 Å². The molecule has 3 amide bonds. The molecule has 0 saturated heterocycles. The van der Waals surface area contributed by atoms with E-state index in [1.807, 2.05) is 0 Å². The third-order valence-corrected chi connectivity index (χ3v) is 16.6. The maximum atomic E-state index is 13.2. The van der Waals surface area contributed by atoms with Crippen LogP contribution in [0.5, 0.6) is 0 Å². The number of Topliss-reactive ketones (excluding diaryl/α,β-unsaturated/α-hetero) is 5. The second kappa shape index (κ2) is 49.5. The first kappa shape index (κ1) is 78.8. The highest BCUT2D eigenvalue weighted by Crippen LogP contribution is 2.33. The van der Waals surface area contributed by atoms with Crippen LogP contribution in [0.3, 0.4) is 0 Å². The van der Waals surface area contributed by atoms with E-state index in [2.05, 4.69) is 25.9 Å². The van der Waals surface area contributed by atoms with E-state index in [4.69, 9.17) is 29.8 Å². The van der Waals surface area contributed by atoms with E-state index in [1.165, 1.54) is 83.9 Å². The highest BCUT2D eigenvalue weighted by atomic mass is 16.5. The lowest BCUT2D eigenvalue weighted by Gasteiger charge is -2.28. The normalized spacial score (nSPS) is 15.2. The van der Waals surface area contributed by atoms with E-state index >= 15 is 0 Å². The summed E-state index contributed by atoms with van der Waals surface area (Å²) in [5, 5.41) is 26.6. The summed E-state index contributed by atoms with van der Waals surface area (Å²) in [6.45, 7) is 6.38. The van der Waals surface area contributed by atoms with Crippen molar-refractivity contribution >= 4 is 58.6 Å². The van der Waals surface area contributed by atoms with Gasteiger partial charge in [0.2, 0.25) is 17.7 Å². The summed E-state index contributed by atoms with van der Waals surface area (Å²) in [5.74, 6) is -3.51. The molecule has 1 aromatic rings. The zero-order valence-electron chi connectivity index (χ0n) is 53.8. The first-order valence-electron chi connectivity index (χ1n) is 33.2. The molecular weight excluding hydrogens is 1130 g/mol. The van der Waals surface area contributed by atoms with Crippen molar-refractivity contribution in [3.63, 3.8) is 0 Å². The Hall–Kier alpha value is -5.29. The quantitative estimate of drug-likeness (QED) is 0.0299. The molecule has 1 aromatic heterocycles. The van der Waals surface area contributed by atoms with Crippen molar-refractivity contribution < 1.29 is 78.5 Å². The number of unbranched alkanes of at least 4 members (excludes halogenated alkanes) is 16. The van der Waals surface area contributed by atoms with E-state index in [0.717, 1.165) is 57.1 Å². The fraction of sp³-hybridized carbons (Fsp3) is 0.803. The Balaban J connectivity index is 0.0000396. The molecule has 22 nitrogen and oxygen atoms in total. The van der Waals surface area contributed by atoms with E-state index in [1.54, 1.807) is 20.0 Å². The van der Waals surface area contributed by atoms with Crippen molar-refractivity contribution in [2.45, 2.75) is 251 Å². The molecule has 2 rings (SSSR count). The van der Waals surface area contributed by atoms with E-state index in [9.17, 15) is 53.1 Å². The Morgan fingerprint density at radius 2 is 1.15 bits per heavy atom. The van der Waals surface area contributed by atoms with Gasteiger partial charge in [0.1, 0.15) is 42.4 Å². The van der Waals surface area contributed by atoms with Gasteiger partial charge in [-0.3, -0.25) is 43.2 Å². The lowest BCUT2D eigenvalue weighted by atomic mass is 9.77. The van der Waals surface area contributed by atoms with Crippen molar-refractivity contribution in [2.24, 2.45) is 28.9 Å². The van der Waals surface area contributed by atoms with Crippen molar-refractivity contribution in [3.05, 3.63) is 18.2 Å². The molecule has 1 aliphatic carbocycles. The largest absolute Gasteiger partial charge is 0.481 e. The van der Waals surface area contributed by atoms with Crippen LogP contribution in [0.25, 0.3) is 0 Å². The number of aliphatic carboxylic acids is 2. The summed E-state index contributed by atoms with van der Waals surface area (Å²) in [7, 11) is 0. The van der Waals surface area contributed by atoms with Gasteiger partial charge in [-0.25, -0.2) is 9.78 Å². The Kier molecular flexibility index (Phi) is 44.3. The van der Waals surface area contributed by atoms with Gasteiger partial charge in [0.05, 0.1) is 45.4 Å². The molecule has 1 heterocycles. The molecule has 0 bridgehead atoms. The average molecular weight is 1250 g/mol. The number of hydrogen-bond acceptors (Lipinski definition) is 16. The molecule has 0 radical (unpaired) electrons. The minimum absolute atomic E-state index is 0. The predicted octanol–water partition coefficient (Wildman–Crippen LogP) is 9.11. The molecule has 0 aromatic carbocycles. The van der Waals surface area contributed by atoms with Crippen LogP contribution in [0.1, 0.15) is 240 Å². The average Bonchev–Trinajstić information content (AvgIpc) is 4.02. The van der Waals surface area contributed by atoms with Crippen LogP contribution in [-0.4, -0.2) is 157 Å². The standard InChI is InChI=1S/C66H112N6O16.H2/c1-50(73)53(43-60(77)66(2,3)45-59(76)57(67)44-54-46-68-49-71-54)23-20-21-35-69-61(78)47-88-42-40-86-38-36-70-62(79)48-87-41-39-85-37-22-25-56(75)33-34-58(65(83)84)72-64(82)52-30-27-51(28-31-52)29-32-55(74)24-18-16-14-12-10-8-6-4-5-7-9-11-13-15-17-19-26-63(80)81;/h46,49,51-53,57-58H,4-45,47-48,67H2,1-3H3,(H,68,71)(H,69,78)(H,70,79)(H,72,82)(H,80,81)(H,83,84);1H/t51?,52?,53-,57+,58+;/m1./s1. The maximum absolute atomic E-state index is 13.2. The lowest BCUT2D eigenvalue weighted by molar-refractivity contribution is -0.143. The van der Waals surface area contributed by atoms with Gasteiger partial charge in [-0.15, -0.1) is 0 Å². The summed E-state index contributed by atoms with van der Waals surface area (Å²) < 4.78 is 21.7. The number of carboxylic acid groups (broad SMARTS) is 2. The fourth-order valence-corrected chi connectivity index (χ4v) is 10.9. The molecular formula is C66H114N6O16. The van der Waals surface area contributed by atoms with Crippen LogP contribution >= 0.6 is 0 Å². The summed E-state index contributed by atoms with van der Waals surface area (Å²) in [6.07, 6.45) is 29.9. The maximum Gasteiger partial charge on any atom is 0.326 e. The molecule has 1 aliphatic rings. The number of ether oxygens (including phenoxy) is 4. The van der Waals surface area contributed by atoms with Gasteiger partial charge in [0, 0.05) is 102 Å². The highest BCUT2D eigenvalue weighted by molar-refractivity contribution is 5.94. The van der Waals surface area contributed by atoms with Gasteiger partial charge in [-0.1, -0.05) is 110 Å². The molecule has 8 N–H and O–H groups in total. The number of H-pyrrole nitrogens is 1. The Labute approximate surface area is 525 Å². The number of hydrogen-bond donors (Lipinski definition) is 7. The topological polar surface area (TPSA) is 339 Å². The van der Waals surface area contributed by atoms with Crippen LogP contribution in [0, 0.1) is 23.2 Å². The Bertz CT molecular complexity index is 2160. The van der Waals surface area contributed by atoms with Gasteiger partial charge in [-0.05, 0) is 83.5 Å². The van der Waals surface area contributed by atoms with E-state index in [-0.39, 0.29) is 153 Å². The first-order valence-corrected chi connectivity index (χ1v) is 33.2. The number of ketones is 5. The Morgan fingerprint density at radius 1 is 0.625 bits per heavy atom. The van der Waals surface area contributed by atoms with Gasteiger partial charge in [-0.2, -0.15) is 0 Å². The van der Waals surface area contributed by atoms with Crippen molar-refractivity contribution in [2.75, 3.05) is 65.9 Å². The number of nitrogens with two attached hydrogens (primary N) is 1. The van der Waals surface area contributed by atoms with Gasteiger partial charge in [0.25, 0.3) is 0 Å². The number of imidazole rings is 1. The predicted molar refractivity (Wildman–Crippen MR) is 336 cm³/mol. The molecule has 0 spiro atoms. The SMILES string of the molecule is CC(=O)[C@H](CCCCNC(=O)COCCOCCNC(=O)COCCOCCCC(=O)CC[C@H](NC(=O)C1CCC(CCC(=O)CCCCCCCCCCCCCCCCCCC(=O)O)CC1)C(=O)O)CC(=O)C(C)(C)CC(=O)[C@@H](N)Cc1cnc[nH]1.[HH]. The fourth-order valence-electron chi connectivity index (χ4n) is 10.9. The smallest absolute Gasteiger partial charge is 0.326 e. The molecule has 0 unspecified atom stereocenters. The third kappa shape index (κ3) is 41.1. The molecule has 1 saturated carbocycles. The Morgan fingerprint density at radius 3 is 1.69 bits per heavy atom. The van der Waals surface area contributed by atoms with Gasteiger partial charge >= 0.3 is 11.9 Å². The van der Waals surface area contributed by atoms with Gasteiger partial charge < -0.3 is 55.8 Å². The number of carbonyl (C=O) groups is 10. The monoisotopic (exact) mass is 1250 g/mol. The lowest BCUT2D eigenvalue weighted by Crippen LogP contribution is -2.44. The zero-order valence-corrected chi connectivity index (χ0v) is 53.8. The van der Waals surface area contributed by atoms with Crippen LogP contribution in [0.2, 0.25) is 0 Å². The molecule has 22 heteroatoms. The van der Waals surface area contributed by atoms with E-state index in [0.29, 0.717) is 69.6 Å². The number of nitrogens with zero attached hydrogens (tertiary/aromatic N) is 1. The van der Waals surface area contributed by atoms with Gasteiger partial charge in [0.15, 0.2) is 5.78 Å². The molecule has 0 aliphatic heterocycles. The molecule has 504 valence electrons. The number of aromatic nitrogens is 2. The summed E-state index contributed by atoms with van der Waals surface area (Å²) in [4.78, 5) is 130. The minimum atomic E-state index is -1.18. The van der Waals surface area contributed by atoms with Crippen LogP contribution in [-0.2, 0) is 73.3 Å². The van der Waals surface area contributed by atoms with Crippen molar-refractivity contribution in [1.82, 2.24) is 25.9 Å². The molecule has 3 atom stereocenters. The molecule has 1 fully saturated rings.